The topological polar surface area (TPSA) is 43.1 Å². The van der Waals surface area contributed by atoms with E-state index in [1.54, 1.807) is 12.1 Å². The average Bonchev–Trinajstić information content (AvgIpc) is 2.04. The highest BCUT2D eigenvalue weighted by Gasteiger charge is 2.00. The molecule has 4 heteroatoms. The Morgan fingerprint density at radius 3 is 3.17 bits per heavy atom. The molecule has 0 aliphatic heterocycles. The molecule has 0 fully saturated rings. The second-order valence-corrected chi connectivity index (χ2v) is 2.74. The summed E-state index contributed by atoms with van der Waals surface area (Å²) in [6, 6.07) is 3.32. The van der Waals surface area contributed by atoms with Crippen LogP contribution in [0.3, 0.4) is 0 Å². The van der Waals surface area contributed by atoms with Gasteiger partial charge in [0.05, 0.1) is 11.3 Å². The van der Waals surface area contributed by atoms with E-state index in [0.717, 1.165) is 0 Å². The predicted octanol–water partition coefficient (Wildman–Crippen LogP) is 1.84. The van der Waals surface area contributed by atoms with Gasteiger partial charge in [-0.25, -0.2) is 9.78 Å². The molecule has 2 aromatic heterocycles. The third-order valence-corrected chi connectivity index (χ3v) is 1.71. The summed E-state index contributed by atoms with van der Waals surface area (Å²) in [4.78, 5) is 14.9. The summed E-state index contributed by atoms with van der Waals surface area (Å²) in [5, 5.41) is 1.20. The van der Waals surface area contributed by atoms with Gasteiger partial charge >= 0.3 is 5.63 Å². The number of pyridine rings is 1. The SMILES string of the molecule is O=c1occc2cc(Cl)cnc12. The van der Waals surface area contributed by atoms with Crippen LogP contribution in [0.15, 0.2) is 33.8 Å². The maximum absolute atomic E-state index is 11.0. The Labute approximate surface area is 72.6 Å². The Morgan fingerprint density at radius 2 is 2.33 bits per heavy atom. The molecule has 0 saturated heterocycles. The molecule has 0 amide bonds. The minimum Gasteiger partial charge on any atom is -0.430 e. The van der Waals surface area contributed by atoms with Crippen molar-refractivity contribution in [3.05, 3.63) is 40.0 Å². The van der Waals surface area contributed by atoms with Crippen LogP contribution in [0.4, 0.5) is 0 Å². The van der Waals surface area contributed by atoms with Crippen molar-refractivity contribution in [3.63, 3.8) is 0 Å². The number of hydrogen-bond donors (Lipinski definition) is 0. The summed E-state index contributed by atoms with van der Waals surface area (Å²) in [7, 11) is 0. The fourth-order valence-corrected chi connectivity index (χ4v) is 1.14. The number of nitrogens with zero attached hydrogens (tertiary/aromatic N) is 1. The van der Waals surface area contributed by atoms with Crippen molar-refractivity contribution >= 4 is 22.5 Å². The molecule has 0 N–H and O–H groups in total. The lowest BCUT2D eigenvalue weighted by Crippen LogP contribution is -1.99. The molecule has 60 valence electrons. The maximum atomic E-state index is 11.0. The van der Waals surface area contributed by atoms with E-state index in [4.69, 9.17) is 11.6 Å². The Hall–Kier alpha value is -1.35. The fourth-order valence-electron chi connectivity index (χ4n) is 0.977. The van der Waals surface area contributed by atoms with Crippen LogP contribution < -0.4 is 5.63 Å². The molecule has 0 aliphatic carbocycles. The van der Waals surface area contributed by atoms with Crippen molar-refractivity contribution in [1.82, 2.24) is 4.98 Å². The Bertz CT molecular complexity index is 478. The smallest absolute Gasteiger partial charge is 0.362 e. The normalized spacial score (nSPS) is 10.4. The van der Waals surface area contributed by atoms with Crippen LogP contribution in [0, 0.1) is 0 Å². The third kappa shape index (κ3) is 1.08. The van der Waals surface area contributed by atoms with E-state index >= 15 is 0 Å². The second kappa shape index (κ2) is 2.60. The number of hydrogen-bond acceptors (Lipinski definition) is 3. The van der Waals surface area contributed by atoms with E-state index in [9.17, 15) is 4.79 Å². The van der Waals surface area contributed by atoms with Crippen molar-refractivity contribution in [3.8, 4) is 0 Å². The van der Waals surface area contributed by atoms with E-state index < -0.39 is 5.63 Å². The summed E-state index contributed by atoms with van der Waals surface area (Å²) in [5.74, 6) is 0. The van der Waals surface area contributed by atoms with Gasteiger partial charge in [-0.15, -0.1) is 0 Å². The van der Waals surface area contributed by atoms with Gasteiger partial charge in [-0.1, -0.05) is 11.6 Å². The minimum atomic E-state index is -0.441. The van der Waals surface area contributed by atoms with Gasteiger partial charge in [0.1, 0.15) is 0 Å². The van der Waals surface area contributed by atoms with Crippen molar-refractivity contribution in [2.75, 3.05) is 0 Å². The first kappa shape index (κ1) is 7.31. The number of aromatic nitrogens is 1. The zero-order valence-electron chi connectivity index (χ0n) is 5.95. The predicted molar refractivity (Wildman–Crippen MR) is 45.3 cm³/mol. The third-order valence-electron chi connectivity index (χ3n) is 1.50. The lowest BCUT2D eigenvalue weighted by atomic mass is 10.3. The first-order valence-corrected chi connectivity index (χ1v) is 3.68. The van der Waals surface area contributed by atoms with Crippen molar-refractivity contribution in [1.29, 1.82) is 0 Å². The largest absolute Gasteiger partial charge is 0.430 e. The maximum Gasteiger partial charge on any atom is 0.362 e. The van der Waals surface area contributed by atoms with E-state index in [-0.39, 0.29) is 0 Å². The molecular formula is C8H4ClNO2. The van der Waals surface area contributed by atoms with Gasteiger partial charge in [0.25, 0.3) is 0 Å². The van der Waals surface area contributed by atoms with Crippen LogP contribution in [0.25, 0.3) is 10.9 Å². The van der Waals surface area contributed by atoms with Crippen molar-refractivity contribution in [2.45, 2.75) is 0 Å². The van der Waals surface area contributed by atoms with E-state index in [1.165, 1.54) is 12.5 Å². The first-order chi connectivity index (χ1) is 5.77. The Balaban J connectivity index is 2.96. The number of halogens is 1. The summed E-state index contributed by atoms with van der Waals surface area (Å²) in [5.41, 5.74) is -0.133. The molecule has 2 rings (SSSR count). The van der Waals surface area contributed by atoms with E-state index in [2.05, 4.69) is 9.40 Å². The van der Waals surface area contributed by atoms with Gasteiger partial charge in [-0.2, -0.15) is 0 Å². The molecule has 12 heavy (non-hydrogen) atoms. The minimum absolute atomic E-state index is 0.307. The molecule has 0 spiro atoms. The van der Waals surface area contributed by atoms with Gasteiger partial charge in [0.2, 0.25) is 0 Å². The number of rotatable bonds is 0. The summed E-state index contributed by atoms with van der Waals surface area (Å²) < 4.78 is 4.62. The molecule has 0 unspecified atom stereocenters. The molecule has 0 radical (unpaired) electrons. The van der Waals surface area contributed by atoms with Gasteiger partial charge in [-0.3, -0.25) is 0 Å². The van der Waals surface area contributed by atoms with Crippen LogP contribution in [-0.2, 0) is 0 Å². The lowest BCUT2D eigenvalue weighted by molar-refractivity contribution is 0.518. The molecule has 0 atom stereocenters. The Morgan fingerprint density at radius 1 is 1.50 bits per heavy atom. The molecule has 3 nitrogen and oxygen atoms in total. The van der Waals surface area contributed by atoms with Crippen LogP contribution in [0.1, 0.15) is 0 Å². The highest BCUT2D eigenvalue weighted by atomic mass is 35.5. The van der Waals surface area contributed by atoms with Crippen LogP contribution >= 0.6 is 11.6 Å². The summed E-state index contributed by atoms with van der Waals surface area (Å²) in [6.45, 7) is 0. The quantitative estimate of drug-likeness (QED) is 0.623. The zero-order valence-corrected chi connectivity index (χ0v) is 6.71. The van der Waals surface area contributed by atoms with Gasteiger partial charge < -0.3 is 4.42 Å². The summed E-state index contributed by atoms with van der Waals surface area (Å²) >= 11 is 5.68. The highest BCUT2D eigenvalue weighted by molar-refractivity contribution is 6.31. The van der Waals surface area contributed by atoms with Gasteiger partial charge in [0.15, 0.2) is 5.52 Å². The molecule has 2 heterocycles. The Kier molecular flexibility index (Phi) is 1.59. The average molecular weight is 182 g/mol. The van der Waals surface area contributed by atoms with Crippen LogP contribution in [0.5, 0.6) is 0 Å². The fraction of sp³-hybridized carbons (Fsp3) is 0. The van der Waals surface area contributed by atoms with Crippen LogP contribution in [0.2, 0.25) is 5.02 Å². The number of fused-ring (bicyclic) bond motifs is 1. The standard InChI is InChI=1S/C8H4ClNO2/c9-6-3-5-1-2-12-8(11)7(5)10-4-6/h1-4H. The molecule has 2 aromatic rings. The highest BCUT2D eigenvalue weighted by Crippen LogP contribution is 2.12. The lowest BCUT2D eigenvalue weighted by Gasteiger charge is -1.93. The van der Waals surface area contributed by atoms with Crippen LogP contribution in [-0.4, -0.2) is 4.98 Å². The van der Waals surface area contributed by atoms with E-state index in [1.807, 2.05) is 0 Å². The first-order valence-electron chi connectivity index (χ1n) is 3.30. The zero-order chi connectivity index (χ0) is 8.55. The van der Waals surface area contributed by atoms with Crippen molar-refractivity contribution < 1.29 is 4.42 Å². The molecule has 0 aliphatic rings. The summed E-state index contributed by atoms with van der Waals surface area (Å²) in [6.07, 6.45) is 2.74. The molecule has 0 bridgehead atoms. The second-order valence-electron chi connectivity index (χ2n) is 2.30. The molecular weight excluding hydrogens is 178 g/mol. The monoisotopic (exact) mass is 181 g/mol. The van der Waals surface area contributed by atoms with E-state index in [0.29, 0.717) is 15.9 Å². The molecule has 0 aromatic carbocycles. The van der Waals surface area contributed by atoms with Crippen molar-refractivity contribution in [2.24, 2.45) is 0 Å². The van der Waals surface area contributed by atoms with Gasteiger partial charge in [-0.05, 0) is 12.1 Å². The van der Waals surface area contributed by atoms with Gasteiger partial charge in [0, 0.05) is 11.6 Å². The molecule has 0 saturated carbocycles.